The summed E-state index contributed by atoms with van der Waals surface area (Å²) in [4.78, 5) is 25.2. The lowest BCUT2D eigenvalue weighted by Crippen LogP contribution is -2.52. The highest BCUT2D eigenvalue weighted by atomic mass is 16.7. The number of unbranched alkanes of at least 4 members (excludes halogenated alkanes) is 1. The van der Waals surface area contributed by atoms with Gasteiger partial charge in [0.25, 0.3) is 0 Å². The van der Waals surface area contributed by atoms with Gasteiger partial charge in [-0.15, -0.1) is 0 Å². The van der Waals surface area contributed by atoms with E-state index in [0.29, 0.717) is 39.0 Å². The van der Waals surface area contributed by atoms with Crippen molar-refractivity contribution in [1.29, 1.82) is 0 Å². The van der Waals surface area contributed by atoms with Crippen molar-refractivity contribution in [2.75, 3.05) is 13.2 Å². The van der Waals surface area contributed by atoms with Crippen molar-refractivity contribution < 1.29 is 33.3 Å². The summed E-state index contributed by atoms with van der Waals surface area (Å²) >= 11 is 0. The molecule has 3 aromatic carbocycles. The van der Waals surface area contributed by atoms with Gasteiger partial charge in [-0.25, -0.2) is 4.79 Å². The first-order chi connectivity index (χ1) is 20.7. The summed E-state index contributed by atoms with van der Waals surface area (Å²) in [5.41, 5.74) is 2.92. The predicted molar refractivity (Wildman–Crippen MR) is 155 cm³/mol. The molecule has 222 valence electrons. The highest BCUT2D eigenvalue weighted by Gasteiger charge is 2.55. The Bertz CT molecular complexity index is 1250. The molecule has 0 aromatic heterocycles. The van der Waals surface area contributed by atoms with Crippen molar-refractivity contribution in [2.45, 2.75) is 69.7 Å². The molecule has 3 aromatic rings. The smallest absolute Gasteiger partial charge is 0.407 e. The van der Waals surface area contributed by atoms with E-state index < -0.39 is 18.4 Å². The molecule has 2 heterocycles. The molecule has 0 saturated carbocycles. The predicted octanol–water partition coefficient (Wildman–Crippen LogP) is 4.49. The first-order valence-electron chi connectivity index (χ1n) is 14.5. The van der Waals surface area contributed by atoms with Crippen LogP contribution < -0.4 is 10.6 Å². The van der Waals surface area contributed by atoms with Gasteiger partial charge in [-0.2, -0.15) is 0 Å². The molecular weight excluding hydrogens is 536 g/mol. The lowest BCUT2D eigenvalue weighted by atomic mass is 10.0. The quantitative estimate of drug-likeness (QED) is 0.155. The van der Waals surface area contributed by atoms with Gasteiger partial charge in [0.1, 0.15) is 31.5 Å². The average Bonchev–Trinajstić information content (AvgIpc) is 3.85. The number of hydrogen-bond acceptors (Lipinski definition) is 8. The van der Waals surface area contributed by atoms with Crippen LogP contribution in [0.5, 0.6) is 0 Å². The summed E-state index contributed by atoms with van der Waals surface area (Å²) < 4.78 is 28.8. The van der Waals surface area contributed by atoms with Crippen LogP contribution in [0.1, 0.15) is 36.0 Å². The van der Waals surface area contributed by atoms with Crippen LogP contribution in [0, 0.1) is 0 Å². The van der Waals surface area contributed by atoms with Crippen molar-refractivity contribution in [3.63, 3.8) is 0 Å². The van der Waals surface area contributed by atoms with E-state index in [2.05, 4.69) is 10.6 Å². The zero-order valence-corrected chi connectivity index (χ0v) is 23.6. The van der Waals surface area contributed by atoms with Gasteiger partial charge in [0.15, 0.2) is 6.29 Å². The van der Waals surface area contributed by atoms with Gasteiger partial charge in [-0.1, -0.05) is 91.0 Å². The number of carbonyl (C=O) groups is 2. The van der Waals surface area contributed by atoms with E-state index in [9.17, 15) is 9.59 Å². The molecule has 42 heavy (non-hydrogen) atoms. The molecule has 0 aliphatic carbocycles. The third-order valence-corrected chi connectivity index (χ3v) is 7.25. The van der Waals surface area contributed by atoms with Gasteiger partial charge in [-0.05, 0) is 36.0 Å². The van der Waals surface area contributed by atoms with Gasteiger partial charge >= 0.3 is 12.1 Å². The van der Waals surface area contributed by atoms with E-state index in [1.807, 2.05) is 91.0 Å². The SMILES string of the molecule is O=C(NCCCC[C@H](N[C@@H]1CO[C@H](OCc2ccccc2)[C@H]2O[C@H]21)C(=O)OCc1ccccc1)OCc1ccccc1. The molecule has 5 rings (SSSR count). The Kier molecular flexibility index (Phi) is 10.9. The summed E-state index contributed by atoms with van der Waals surface area (Å²) in [5.74, 6) is -0.325. The zero-order chi connectivity index (χ0) is 29.0. The third-order valence-electron chi connectivity index (χ3n) is 7.25. The number of alkyl carbamates (subject to hydrolysis) is 1. The molecule has 0 unspecified atom stereocenters. The van der Waals surface area contributed by atoms with E-state index in [0.717, 1.165) is 16.7 Å². The number of ether oxygens (including phenoxy) is 5. The fourth-order valence-corrected chi connectivity index (χ4v) is 4.90. The van der Waals surface area contributed by atoms with Crippen molar-refractivity contribution in [3.05, 3.63) is 108 Å². The van der Waals surface area contributed by atoms with Crippen LogP contribution in [0.2, 0.25) is 0 Å². The Morgan fingerprint density at radius 2 is 1.36 bits per heavy atom. The molecular formula is C33H38N2O7. The third kappa shape index (κ3) is 9.12. The van der Waals surface area contributed by atoms with Gasteiger partial charge in [0.2, 0.25) is 0 Å². The van der Waals surface area contributed by atoms with E-state index >= 15 is 0 Å². The fourth-order valence-electron chi connectivity index (χ4n) is 4.90. The Morgan fingerprint density at radius 3 is 2.00 bits per heavy atom. The van der Waals surface area contributed by atoms with Gasteiger partial charge in [0.05, 0.1) is 19.3 Å². The first-order valence-corrected chi connectivity index (χ1v) is 14.5. The van der Waals surface area contributed by atoms with Gasteiger partial charge in [-0.3, -0.25) is 10.1 Å². The summed E-state index contributed by atoms with van der Waals surface area (Å²) in [7, 11) is 0. The molecule has 2 fully saturated rings. The van der Waals surface area contributed by atoms with Crippen molar-refractivity contribution >= 4 is 12.1 Å². The normalized spacial score (nSPS) is 21.5. The Morgan fingerprint density at radius 1 is 0.762 bits per heavy atom. The second kappa shape index (κ2) is 15.5. The van der Waals surface area contributed by atoms with E-state index in [-0.39, 0.29) is 37.4 Å². The highest BCUT2D eigenvalue weighted by molar-refractivity contribution is 5.75. The Labute approximate surface area is 246 Å². The molecule has 1 amide bonds. The number of esters is 1. The molecule has 2 aliphatic heterocycles. The number of rotatable bonds is 15. The minimum Gasteiger partial charge on any atom is -0.460 e. The summed E-state index contributed by atoms with van der Waals surface area (Å²) in [6.07, 6.45) is 0.750. The Balaban J connectivity index is 1.06. The molecule has 9 nitrogen and oxygen atoms in total. The van der Waals surface area contributed by atoms with Gasteiger partial charge in [0, 0.05) is 6.54 Å². The summed E-state index contributed by atoms with van der Waals surface area (Å²) in [6.45, 7) is 1.67. The second-order valence-corrected chi connectivity index (χ2v) is 10.5. The summed E-state index contributed by atoms with van der Waals surface area (Å²) in [5, 5.41) is 6.20. The average molecular weight is 575 g/mol. The molecule has 2 aliphatic rings. The van der Waals surface area contributed by atoms with Crippen LogP contribution in [0.25, 0.3) is 0 Å². The standard InChI is InChI=1S/C33H38N2O7/c36-31(38-20-24-12-4-1-5-13-24)27(18-10-11-19-34-33(37)41-22-26-16-8-3-9-17-26)35-28-23-40-32(30-29(28)42-30)39-21-25-14-6-2-7-15-25/h1-9,12-17,27-30,32,35H,10-11,18-23H2,(H,34,37)/t27-,28+,29-,30-,32-/m0/s1. The number of fused-ring (bicyclic) bond motifs is 1. The van der Waals surface area contributed by atoms with Crippen LogP contribution >= 0.6 is 0 Å². The van der Waals surface area contributed by atoms with Crippen LogP contribution in [-0.2, 0) is 48.3 Å². The van der Waals surface area contributed by atoms with Crippen LogP contribution in [-0.4, -0.2) is 55.8 Å². The number of carbonyl (C=O) groups excluding carboxylic acids is 2. The van der Waals surface area contributed by atoms with Crippen molar-refractivity contribution in [2.24, 2.45) is 0 Å². The first kappa shape index (κ1) is 29.7. The lowest BCUT2D eigenvalue weighted by molar-refractivity contribution is -0.171. The fraction of sp³-hybridized carbons (Fsp3) is 0.394. The van der Waals surface area contributed by atoms with Gasteiger partial charge < -0.3 is 29.0 Å². The van der Waals surface area contributed by atoms with Crippen molar-refractivity contribution in [3.8, 4) is 0 Å². The maximum atomic E-state index is 13.1. The molecule has 0 bridgehead atoms. The number of amides is 1. The zero-order valence-electron chi connectivity index (χ0n) is 23.6. The van der Waals surface area contributed by atoms with Crippen LogP contribution in [0.15, 0.2) is 91.0 Å². The molecule has 5 atom stereocenters. The largest absolute Gasteiger partial charge is 0.460 e. The molecule has 9 heteroatoms. The Hall–Kier alpha value is -3.76. The number of epoxide rings is 1. The topological polar surface area (TPSA) is 108 Å². The molecule has 2 saturated heterocycles. The monoisotopic (exact) mass is 574 g/mol. The maximum absolute atomic E-state index is 13.1. The molecule has 0 radical (unpaired) electrons. The minimum atomic E-state index is -0.543. The number of nitrogens with one attached hydrogen (secondary N) is 2. The second-order valence-electron chi connectivity index (χ2n) is 10.5. The van der Waals surface area contributed by atoms with Crippen molar-refractivity contribution in [1.82, 2.24) is 10.6 Å². The van der Waals surface area contributed by atoms with E-state index in [1.54, 1.807) is 0 Å². The van der Waals surface area contributed by atoms with E-state index in [1.165, 1.54) is 0 Å². The molecule has 2 N–H and O–H groups in total. The summed E-state index contributed by atoms with van der Waals surface area (Å²) in [6, 6.07) is 28.3. The van der Waals surface area contributed by atoms with Crippen LogP contribution in [0.3, 0.4) is 0 Å². The number of hydrogen-bond donors (Lipinski definition) is 2. The van der Waals surface area contributed by atoms with Crippen LogP contribution in [0.4, 0.5) is 4.79 Å². The number of benzene rings is 3. The minimum absolute atomic E-state index is 0.0926. The molecule has 0 spiro atoms. The highest BCUT2D eigenvalue weighted by Crippen LogP contribution is 2.36. The lowest BCUT2D eigenvalue weighted by Gasteiger charge is -2.29. The van der Waals surface area contributed by atoms with E-state index in [4.69, 9.17) is 23.7 Å². The maximum Gasteiger partial charge on any atom is 0.407 e.